The van der Waals surface area contributed by atoms with Crippen molar-refractivity contribution in [2.24, 2.45) is 0 Å². The first-order valence-corrected chi connectivity index (χ1v) is 9.23. The zero-order valence-electron chi connectivity index (χ0n) is 17.5. The average molecular weight is 463 g/mol. The van der Waals surface area contributed by atoms with Crippen molar-refractivity contribution < 1.29 is 141 Å². The topological polar surface area (TPSA) is 186 Å². The summed E-state index contributed by atoms with van der Waals surface area (Å²) in [6, 6.07) is 0.306. The molecule has 0 aromatic heterocycles. The van der Waals surface area contributed by atoms with E-state index in [1.165, 1.54) is 21.3 Å². The predicted molar refractivity (Wildman–Crippen MR) is 77.7 cm³/mol. The second kappa shape index (κ2) is 18.4. The summed E-state index contributed by atoms with van der Waals surface area (Å²) in [5.74, 6) is -6.09. The number of rotatable bonds is 13. The van der Waals surface area contributed by atoms with Gasteiger partial charge in [-0.3, -0.25) is 0 Å². The van der Waals surface area contributed by atoms with Crippen LogP contribution in [0.25, 0.3) is 0 Å². The molecule has 0 atom stereocenters. The maximum atomic E-state index is 11.7. The average Bonchev–Trinajstić information content (AvgIpc) is 2.54. The normalized spacial score (nSPS) is 10.4. The number of nitrogens with one attached hydrogen (secondary N) is 1. The predicted octanol–water partition coefficient (Wildman–Crippen LogP) is -13.2. The molecule has 1 amide bonds. The van der Waals surface area contributed by atoms with Crippen LogP contribution in [0.4, 0.5) is 4.79 Å². The van der Waals surface area contributed by atoms with Gasteiger partial charge in [-0.2, -0.15) is 0 Å². The number of carbonyl (C=O) groups is 4. The Morgan fingerprint density at radius 2 is 1.28 bits per heavy atom. The number of hydrogen-bond donors (Lipinski definition) is 1. The van der Waals surface area contributed by atoms with Crippen LogP contribution < -0.4 is 109 Å². The first-order chi connectivity index (χ1) is 12.1. The van der Waals surface area contributed by atoms with E-state index in [0.29, 0.717) is 6.04 Å². The monoisotopic (exact) mass is 463 g/mol. The van der Waals surface area contributed by atoms with Crippen molar-refractivity contribution in [3.05, 3.63) is 0 Å². The molecule has 0 rings (SSSR count). The smallest absolute Gasteiger partial charge is 0.550 e. The minimum absolute atomic E-state index is 0. The first-order valence-electron chi connectivity index (χ1n) is 7.30. The molecule has 0 aliphatic rings. The van der Waals surface area contributed by atoms with Crippen molar-refractivity contribution >= 4 is 32.8 Å². The van der Waals surface area contributed by atoms with Gasteiger partial charge in [0.25, 0.3) is 0 Å². The fourth-order valence-corrected chi connectivity index (χ4v) is 3.77. The summed E-state index contributed by atoms with van der Waals surface area (Å²) in [6.07, 6.45) is -3.89. The molecular weight excluding hydrogens is 443 g/mol. The fourth-order valence-electron chi connectivity index (χ4n) is 2.05. The second-order valence-electron chi connectivity index (χ2n) is 5.09. The summed E-state index contributed by atoms with van der Waals surface area (Å²) in [7, 11) is 1.33. The van der Waals surface area contributed by atoms with Crippen LogP contribution >= 0.6 is 0 Å². The maximum absolute atomic E-state index is 11.7. The molecule has 0 saturated carbocycles. The molecule has 0 spiro atoms. The van der Waals surface area contributed by atoms with Gasteiger partial charge in [-0.15, -0.1) is 0 Å². The summed E-state index contributed by atoms with van der Waals surface area (Å²) < 4.78 is 20.0. The zero-order valence-corrected chi connectivity index (χ0v) is 24.5. The third-order valence-electron chi connectivity index (χ3n) is 3.38. The number of aliphatic carboxylic acids is 3. The summed E-state index contributed by atoms with van der Waals surface area (Å²) in [5.41, 5.74) is -2.95. The summed E-state index contributed by atoms with van der Waals surface area (Å²) in [5, 5.41) is 34.7. The number of amides is 1. The molecule has 0 fully saturated rings. The van der Waals surface area contributed by atoms with Crippen LogP contribution in [-0.2, 0) is 32.4 Å². The molecule has 0 bridgehead atoms. The maximum Gasteiger partial charge on any atom is 1.00 e. The van der Waals surface area contributed by atoms with E-state index < -0.39 is 51.2 Å². The Labute approximate surface area is 235 Å². The van der Waals surface area contributed by atoms with Crippen LogP contribution in [0.5, 0.6) is 0 Å². The van der Waals surface area contributed by atoms with Gasteiger partial charge in [0.05, 0.1) is 5.97 Å². The minimum atomic E-state index is -2.95. The summed E-state index contributed by atoms with van der Waals surface area (Å²) in [4.78, 5) is 44.3. The van der Waals surface area contributed by atoms with E-state index in [0.717, 1.165) is 0 Å². The molecule has 0 unspecified atom stereocenters. The van der Waals surface area contributed by atoms with Gasteiger partial charge in [0.1, 0.15) is 0 Å². The molecule has 0 heterocycles. The molecule has 0 aromatic carbocycles. The van der Waals surface area contributed by atoms with Crippen molar-refractivity contribution in [3.8, 4) is 0 Å². The van der Waals surface area contributed by atoms with E-state index in [9.17, 15) is 34.5 Å². The SMILES string of the molecule is CO[Si](CCCNC(=O)OC(CC(=O)[O-])(CC(=O)[O-])C(=O)[O-])(OC)OC.[Na+].[Na+].[Na+]. The number of carboxylic acids is 3. The third-order valence-corrected chi connectivity index (χ3v) is 6.21. The van der Waals surface area contributed by atoms with Gasteiger partial charge in [0.2, 0.25) is 0 Å². The number of alkyl carbamates (subject to hydrolysis) is 1. The van der Waals surface area contributed by atoms with Gasteiger partial charge in [-0.1, -0.05) is 0 Å². The standard InChI is InChI=1S/C13H23NO11Si.3Na/c1-22-26(23-2,24-3)6-4-5-14-12(21)25-13(11(19)20,7-9(15)16)8-10(17)18;;;/h4-8H2,1-3H3,(H,14,21)(H,15,16)(H,17,18)(H,19,20);;;/q;3*+1/p-3. The fraction of sp³-hybridized carbons (Fsp3) is 0.692. The molecule has 0 aromatic rings. The molecule has 0 saturated heterocycles. The third kappa shape index (κ3) is 13.7. The summed E-state index contributed by atoms with van der Waals surface area (Å²) in [6.45, 7) is -0.0383. The quantitative estimate of drug-likeness (QED) is 0.202. The first kappa shape index (κ1) is 37.1. The van der Waals surface area contributed by atoms with Gasteiger partial charge >= 0.3 is 104 Å². The van der Waals surface area contributed by atoms with E-state index in [4.69, 9.17) is 13.3 Å². The molecule has 0 aliphatic carbocycles. The number of carbonyl (C=O) groups excluding carboxylic acids is 4. The molecule has 29 heavy (non-hydrogen) atoms. The van der Waals surface area contributed by atoms with Gasteiger partial charge < -0.3 is 53.0 Å². The van der Waals surface area contributed by atoms with Crippen LogP contribution in [0.15, 0.2) is 0 Å². The molecule has 1 N–H and O–H groups in total. The van der Waals surface area contributed by atoms with E-state index in [2.05, 4.69) is 10.1 Å². The zero-order chi connectivity index (χ0) is 20.4. The second-order valence-corrected chi connectivity index (χ2v) is 8.19. The Bertz CT molecular complexity index is 510. The summed E-state index contributed by atoms with van der Waals surface area (Å²) >= 11 is 0. The molecule has 0 aliphatic heterocycles. The molecule has 0 radical (unpaired) electrons. The van der Waals surface area contributed by atoms with Crippen LogP contribution in [0.1, 0.15) is 19.3 Å². The Kier molecular flexibility index (Phi) is 23.5. The van der Waals surface area contributed by atoms with Crippen molar-refractivity contribution in [2.45, 2.75) is 30.9 Å². The Morgan fingerprint density at radius 1 is 0.862 bits per heavy atom. The Morgan fingerprint density at radius 3 is 1.59 bits per heavy atom. The van der Waals surface area contributed by atoms with Crippen LogP contribution in [0.2, 0.25) is 6.04 Å². The van der Waals surface area contributed by atoms with Crippen LogP contribution in [0.3, 0.4) is 0 Å². The van der Waals surface area contributed by atoms with Gasteiger partial charge in [0, 0.05) is 58.7 Å². The van der Waals surface area contributed by atoms with E-state index in [1.807, 2.05) is 0 Å². The number of hydrogen-bond acceptors (Lipinski definition) is 11. The molecule has 16 heteroatoms. The molecular formula is C13H20NNa3O11Si. The number of carboxylic acid groups (broad SMARTS) is 3. The van der Waals surface area contributed by atoms with E-state index >= 15 is 0 Å². The van der Waals surface area contributed by atoms with Crippen molar-refractivity contribution in [1.29, 1.82) is 0 Å². The van der Waals surface area contributed by atoms with Gasteiger partial charge in [-0.05, 0) is 6.42 Å². The van der Waals surface area contributed by atoms with Crippen molar-refractivity contribution in [2.75, 3.05) is 27.9 Å². The van der Waals surface area contributed by atoms with E-state index in [1.54, 1.807) is 0 Å². The van der Waals surface area contributed by atoms with Gasteiger partial charge in [-0.25, -0.2) is 4.79 Å². The minimum Gasteiger partial charge on any atom is -0.550 e. The van der Waals surface area contributed by atoms with Crippen molar-refractivity contribution in [3.63, 3.8) is 0 Å². The van der Waals surface area contributed by atoms with Crippen LogP contribution in [0, 0.1) is 0 Å². The largest absolute Gasteiger partial charge is 1.00 e. The van der Waals surface area contributed by atoms with Gasteiger partial charge in [0.15, 0.2) is 5.60 Å². The Hall–Kier alpha value is 0.777. The van der Waals surface area contributed by atoms with Crippen molar-refractivity contribution in [1.82, 2.24) is 5.32 Å². The van der Waals surface area contributed by atoms with Crippen LogP contribution in [-0.4, -0.2) is 66.3 Å². The number of ether oxygens (including phenoxy) is 1. The Balaban J connectivity index is -0.00000104. The molecule has 12 nitrogen and oxygen atoms in total. The molecule has 150 valence electrons. The van der Waals surface area contributed by atoms with E-state index in [-0.39, 0.29) is 102 Å².